The van der Waals surface area contributed by atoms with Gasteiger partial charge in [0.1, 0.15) is 5.82 Å². The highest BCUT2D eigenvalue weighted by atomic mass is 32.2. The van der Waals surface area contributed by atoms with Gasteiger partial charge in [-0.05, 0) is 18.2 Å². The molecule has 1 saturated heterocycles. The van der Waals surface area contributed by atoms with Crippen LogP contribution in [0.15, 0.2) is 18.2 Å². The summed E-state index contributed by atoms with van der Waals surface area (Å²) in [6, 6.07) is 3.93. The van der Waals surface area contributed by atoms with Crippen molar-refractivity contribution < 1.29 is 13.9 Å². The first-order valence-corrected chi connectivity index (χ1v) is 6.74. The molecule has 1 aliphatic heterocycles. The zero-order valence-corrected chi connectivity index (χ0v) is 10.6. The van der Waals surface area contributed by atoms with Crippen molar-refractivity contribution in [1.29, 1.82) is 0 Å². The summed E-state index contributed by atoms with van der Waals surface area (Å²) in [4.78, 5) is 11.6. The number of amides is 1. The van der Waals surface area contributed by atoms with Crippen molar-refractivity contribution in [3.63, 3.8) is 0 Å². The van der Waals surface area contributed by atoms with Gasteiger partial charge in [0.2, 0.25) is 5.91 Å². The second-order valence-electron chi connectivity index (χ2n) is 4.06. The highest BCUT2D eigenvalue weighted by Crippen LogP contribution is 2.21. The number of carbonyl (C=O) groups excluding carboxylic acids is 1. The molecule has 4 nitrogen and oxygen atoms in total. The highest BCUT2D eigenvalue weighted by molar-refractivity contribution is 8.00. The SMILES string of the molecule is Nc1cc(F)ccc1NC(=O)CCSC1COC1. The van der Waals surface area contributed by atoms with Crippen molar-refractivity contribution in [1.82, 2.24) is 0 Å². The van der Waals surface area contributed by atoms with E-state index in [-0.39, 0.29) is 11.6 Å². The number of nitrogen functional groups attached to an aromatic ring is 1. The van der Waals surface area contributed by atoms with Crippen LogP contribution >= 0.6 is 11.8 Å². The van der Waals surface area contributed by atoms with Crippen LogP contribution in [0.1, 0.15) is 6.42 Å². The van der Waals surface area contributed by atoms with Crippen molar-refractivity contribution in [2.24, 2.45) is 0 Å². The van der Waals surface area contributed by atoms with Crippen molar-refractivity contribution in [2.45, 2.75) is 11.7 Å². The van der Waals surface area contributed by atoms with Crippen LogP contribution in [0.4, 0.5) is 15.8 Å². The van der Waals surface area contributed by atoms with Crippen LogP contribution in [0.2, 0.25) is 0 Å². The Hall–Kier alpha value is -1.27. The van der Waals surface area contributed by atoms with E-state index in [2.05, 4.69) is 5.32 Å². The Morgan fingerprint density at radius 1 is 1.56 bits per heavy atom. The third-order valence-electron chi connectivity index (χ3n) is 2.58. The second-order valence-corrected chi connectivity index (χ2v) is 5.47. The first-order chi connectivity index (χ1) is 8.65. The van der Waals surface area contributed by atoms with E-state index in [0.29, 0.717) is 17.4 Å². The molecule has 18 heavy (non-hydrogen) atoms. The minimum absolute atomic E-state index is 0.110. The number of hydrogen-bond donors (Lipinski definition) is 2. The maximum Gasteiger partial charge on any atom is 0.225 e. The molecule has 1 aromatic carbocycles. The molecule has 0 saturated carbocycles. The average Bonchev–Trinajstić information content (AvgIpc) is 2.26. The van der Waals surface area contributed by atoms with E-state index < -0.39 is 5.82 Å². The smallest absolute Gasteiger partial charge is 0.225 e. The van der Waals surface area contributed by atoms with E-state index in [1.165, 1.54) is 18.2 Å². The Morgan fingerprint density at radius 2 is 2.33 bits per heavy atom. The number of hydrogen-bond acceptors (Lipinski definition) is 4. The first-order valence-electron chi connectivity index (χ1n) is 5.69. The molecule has 2 rings (SSSR count). The molecule has 0 aliphatic carbocycles. The lowest BCUT2D eigenvalue weighted by molar-refractivity contribution is -0.115. The minimum atomic E-state index is -0.411. The zero-order valence-electron chi connectivity index (χ0n) is 9.82. The van der Waals surface area contributed by atoms with Crippen LogP contribution in [-0.4, -0.2) is 30.1 Å². The summed E-state index contributed by atoms with van der Waals surface area (Å²) in [7, 11) is 0. The quantitative estimate of drug-likeness (QED) is 0.802. The second kappa shape index (κ2) is 6.06. The predicted octanol–water partition coefficient (Wildman–Crippen LogP) is 1.87. The van der Waals surface area contributed by atoms with Crippen molar-refractivity contribution in [3.8, 4) is 0 Å². The number of benzene rings is 1. The van der Waals surface area contributed by atoms with Crippen LogP contribution in [0.5, 0.6) is 0 Å². The molecule has 1 heterocycles. The van der Waals surface area contributed by atoms with E-state index in [1.54, 1.807) is 11.8 Å². The van der Waals surface area contributed by atoms with E-state index in [0.717, 1.165) is 19.0 Å². The lowest BCUT2D eigenvalue weighted by atomic mass is 10.2. The van der Waals surface area contributed by atoms with Crippen LogP contribution in [-0.2, 0) is 9.53 Å². The fourth-order valence-corrected chi connectivity index (χ4v) is 2.51. The Kier molecular flexibility index (Phi) is 4.43. The molecule has 6 heteroatoms. The fraction of sp³-hybridized carbons (Fsp3) is 0.417. The van der Waals surface area contributed by atoms with Gasteiger partial charge in [-0.1, -0.05) is 0 Å². The normalized spacial score (nSPS) is 15.2. The Bertz CT molecular complexity index is 438. The van der Waals surface area contributed by atoms with Gasteiger partial charge in [-0.15, -0.1) is 0 Å². The minimum Gasteiger partial charge on any atom is -0.397 e. The van der Waals surface area contributed by atoms with Crippen LogP contribution in [0.3, 0.4) is 0 Å². The molecule has 1 aliphatic rings. The summed E-state index contributed by atoms with van der Waals surface area (Å²) in [5, 5.41) is 3.19. The number of ether oxygens (including phenoxy) is 1. The monoisotopic (exact) mass is 270 g/mol. The Morgan fingerprint density at radius 3 is 2.94 bits per heavy atom. The molecular weight excluding hydrogens is 255 g/mol. The highest BCUT2D eigenvalue weighted by Gasteiger charge is 2.18. The van der Waals surface area contributed by atoms with Gasteiger partial charge in [-0.2, -0.15) is 11.8 Å². The van der Waals surface area contributed by atoms with Gasteiger partial charge in [-0.25, -0.2) is 4.39 Å². The number of rotatable bonds is 5. The topological polar surface area (TPSA) is 64.3 Å². The van der Waals surface area contributed by atoms with Crippen molar-refractivity contribution >= 4 is 29.0 Å². The molecule has 98 valence electrons. The molecule has 0 unspecified atom stereocenters. The van der Waals surface area contributed by atoms with Gasteiger partial charge in [0.05, 0.1) is 29.8 Å². The molecular formula is C12H15FN2O2S. The average molecular weight is 270 g/mol. The molecule has 1 amide bonds. The fourth-order valence-electron chi connectivity index (χ4n) is 1.49. The number of nitrogens with one attached hydrogen (secondary N) is 1. The lowest BCUT2D eigenvalue weighted by Crippen LogP contribution is -2.30. The molecule has 0 atom stereocenters. The van der Waals surface area contributed by atoms with Crippen molar-refractivity contribution in [3.05, 3.63) is 24.0 Å². The summed E-state index contributed by atoms with van der Waals surface area (Å²) in [6.45, 7) is 1.55. The van der Waals surface area contributed by atoms with E-state index >= 15 is 0 Å². The number of anilines is 2. The van der Waals surface area contributed by atoms with Gasteiger partial charge in [0.15, 0.2) is 0 Å². The third-order valence-corrected chi connectivity index (χ3v) is 3.76. The van der Waals surface area contributed by atoms with Gasteiger partial charge in [0, 0.05) is 12.2 Å². The molecule has 0 aromatic heterocycles. The molecule has 0 radical (unpaired) electrons. The maximum absolute atomic E-state index is 12.8. The van der Waals surface area contributed by atoms with Gasteiger partial charge in [-0.3, -0.25) is 4.79 Å². The first kappa shape index (κ1) is 13.2. The van der Waals surface area contributed by atoms with E-state index in [9.17, 15) is 9.18 Å². The Labute approximate surface area is 109 Å². The van der Waals surface area contributed by atoms with E-state index in [1.807, 2.05) is 0 Å². The summed E-state index contributed by atoms with van der Waals surface area (Å²) in [5.74, 6) is 0.230. The maximum atomic E-state index is 12.8. The third kappa shape index (κ3) is 3.61. The van der Waals surface area contributed by atoms with Crippen LogP contribution in [0, 0.1) is 5.82 Å². The molecule has 1 aromatic rings. The molecule has 0 bridgehead atoms. The van der Waals surface area contributed by atoms with Crippen molar-refractivity contribution in [2.75, 3.05) is 30.0 Å². The summed E-state index contributed by atoms with van der Waals surface area (Å²) < 4.78 is 17.9. The number of halogens is 1. The summed E-state index contributed by atoms with van der Waals surface area (Å²) in [6.07, 6.45) is 0.415. The predicted molar refractivity (Wildman–Crippen MR) is 71.1 cm³/mol. The summed E-state index contributed by atoms with van der Waals surface area (Å²) >= 11 is 1.73. The molecule has 0 spiro atoms. The number of carbonyl (C=O) groups is 1. The molecule has 1 fully saturated rings. The largest absolute Gasteiger partial charge is 0.397 e. The number of thioether (sulfide) groups is 1. The zero-order chi connectivity index (χ0) is 13.0. The lowest BCUT2D eigenvalue weighted by Gasteiger charge is -2.24. The van der Waals surface area contributed by atoms with Crippen LogP contribution in [0.25, 0.3) is 0 Å². The molecule has 3 N–H and O–H groups in total. The Balaban J connectivity index is 1.75. The van der Waals surface area contributed by atoms with Crippen LogP contribution < -0.4 is 11.1 Å². The van der Waals surface area contributed by atoms with Gasteiger partial charge in [0.25, 0.3) is 0 Å². The van der Waals surface area contributed by atoms with E-state index in [4.69, 9.17) is 10.5 Å². The summed E-state index contributed by atoms with van der Waals surface area (Å²) in [5.41, 5.74) is 6.30. The standard InChI is InChI=1S/C12H15FN2O2S/c13-8-1-2-11(10(14)5-8)15-12(16)3-4-18-9-6-17-7-9/h1-2,5,9H,3-4,6-7,14H2,(H,15,16). The number of nitrogens with two attached hydrogens (primary N) is 1. The van der Waals surface area contributed by atoms with Gasteiger partial charge >= 0.3 is 0 Å². The van der Waals surface area contributed by atoms with Gasteiger partial charge < -0.3 is 15.8 Å².